The van der Waals surface area contributed by atoms with E-state index in [4.69, 9.17) is 23.2 Å². The van der Waals surface area contributed by atoms with E-state index >= 15 is 0 Å². The van der Waals surface area contributed by atoms with Crippen LogP contribution in [0.4, 0.5) is 0 Å². The largest absolute Gasteiger partial charge is 0.269 e. The van der Waals surface area contributed by atoms with Gasteiger partial charge in [0, 0.05) is 10.0 Å². The molecule has 0 radical (unpaired) electrons. The lowest BCUT2D eigenvalue weighted by Crippen LogP contribution is -2.03. The molecule has 0 spiro atoms. The molecule has 0 aliphatic carbocycles. The summed E-state index contributed by atoms with van der Waals surface area (Å²) in [5, 5.41) is 14.7. The van der Waals surface area contributed by atoms with E-state index in [1.807, 2.05) is 23.5 Å². The molecule has 0 atom stereocenters. The maximum absolute atomic E-state index is 6.22. The molecule has 0 amide bonds. The van der Waals surface area contributed by atoms with Crippen LogP contribution in [-0.4, -0.2) is 29.4 Å². The number of hydrogen-bond donors (Lipinski definition) is 0. The second kappa shape index (κ2) is 4.93. The number of fused-ring (bicyclic) bond motifs is 3. The van der Waals surface area contributed by atoms with E-state index in [-0.39, 0.29) is 0 Å². The first-order valence-corrected chi connectivity index (χ1v) is 7.35. The van der Waals surface area contributed by atoms with Gasteiger partial charge in [-0.3, -0.25) is 4.40 Å². The van der Waals surface area contributed by atoms with Crippen molar-refractivity contribution in [2.45, 2.75) is 13.5 Å². The molecule has 0 fully saturated rings. The smallest absolute Gasteiger partial charge is 0.174 e. The molecule has 4 aromatic rings. The molecule has 0 unspecified atom stereocenters. The zero-order chi connectivity index (χ0) is 15.3. The van der Waals surface area contributed by atoms with Crippen LogP contribution in [0.2, 0.25) is 10.0 Å². The summed E-state index contributed by atoms with van der Waals surface area (Å²) in [6.45, 7) is 2.39. The number of nitrogens with zero attached hydrogens (tertiary/aromatic N) is 6. The second-order valence-electron chi connectivity index (χ2n) is 4.96. The zero-order valence-electron chi connectivity index (χ0n) is 11.5. The second-order valence-corrected chi connectivity index (χ2v) is 5.80. The Morgan fingerprint density at radius 1 is 1.14 bits per heavy atom. The predicted molar refractivity (Wildman–Crippen MR) is 84.4 cm³/mol. The first-order valence-electron chi connectivity index (χ1n) is 6.59. The van der Waals surface area contributed by atoms with E-state index in [1.165, 1.54) is 0 Å². The molecule has 0 bridgehead atoms. The lowest BCUT2D eigenvalue weighted by Gasteiger charge is -2.06. The van der Waals surface area contributed by atoms with Crippen LogP contribution in [0.3, 0.4) is 0 Å². The number of rotatable bonds is 2. The fourth-order valence-electron chi connectivity index (χ4n) is 2.40. The molecular formula is C14H10Cl2N6. The van der Waals surface area contributed by atoms with Crippen LogP contribution in [-0.2, 0) is 6.54 Å². The Hall–Kier alpha value is -2.18. The highest BCUT2D eigenvalue weighted by Gasteiger charge is 2.12. The van der Waals surface area contributed by atoms with Crippen molar-refractivity contribution in [2.75, 3.05) is 0 Å². The van der Waals surface area contributed by atoms with Gasteiger partial charge in [0.15, 0.2) is 11.3 Å². The lowest BCUT2D eigenvalue weighted by molar-refractivity contribution is 0.703. The molecule has 0 aliphatic heterocycles. The highest BCUT2D eigenvalue weighted by atomic mass is 35.5. The fraction of sp³-hybridized carbons (Fsp3) is 0.143. The van der Waals surface area contributed by atoms with Crippen molar-refractivity contribution in [2.24, 2.45) is 0 Å². The van der Waals surface area contributed by atoms with Gasteiger partial charge in [0.1, 0.15) is 12.2 Å². The van der Waals surface area contributed by atoms with E-state index in [0.29, 0.717) is 16.6 Å². The van der Waals surface area contributed by atoms with Crippen molar-refractivity contribution >= 4 is 39.9 Å². The first-order chi connectivity index (χ1) is 10.6. The molecule has 3 aromatic heterocycles. The zero-order valence-corrected chi connectivity index (χ0v) is 13.0. The van der Waals surface area contributed by atoms with Crippen LogP contribution >= 0.6 is 23.2 Å². The molecule has 0 N–H and O–H groups in total. The standard InChI is InChI=1S/C14H10Cl2N6/c1-8-19-20-14-11-5-18-22(13(11)17-7-21(8)14)6-9-2-3-10(15)4-12(9)16/h2-5,7H,6H2,1H3. The molecule has 8 heteroatoms. The van der Waals surface area contributed by atoms with Crippen molar-refractivity contribution in [1.82, 2.24) is 29.4 Å². The van der Waals surface area contributed by atoms with Gasteiger partial charge in [-0.1, -0.05) is 29.3 Å². The van der Waals surface area contributed by atoms with Crippen molar-refractivity contribution in [3.8, 4) is 0 Å². The predicted octanol–water partition coefficient (Wildman–Crippen LogP) is 3.14. The van der Waals surface area contributed by atoms with E-state index in [0.717, 1.165) is 28.1 Å². The van der Waals surface area contributed by atoms with Gasteiger partial charge >= 0.3 is 0 Å². The minimum Gasteiger partial charge on any atom is -0.269 e. The van der Waals surface area contributed by atoms with Crippen molar-refractivity contribution in [1.29, 1.82) is 0 Å². The van der Waals surface area contributed by atoms with Crippen LogP contribution in [0.15, 0.2) is 30.7 Å². The van der Waals surface area contributed by atoms with Crippen LogP contribution < -0.4 is 0 Å². The van der Waals surface area contributed by atoms with Crippen LogP contribution in [0, 0.1) is 6.92 Å². The summed E-state index contributed by atoms with van der Waals surface area (Å²) < 4.78 is 3.62. The summed E-state index contributed by atoms with van der Waals surface area (Å²) in [5.74, 6) is 0.790. The minimum absolute atomic E-state index is 0.510. The van der Waals surface area contributed by atoms with Crippen LogP contribution in [0.25, 0.3) is 16.7 Å². The van der Waals surface area contributed by atoms with Gasteiger partial charge in [0.05, 0.1) is 18.1 Å². The molecular weight excluding hydrogens is 323 g/mol. The number of hydrogen-bond acceptors (Lipinski definition) is 4. The van der Waals surface area contributed by atoms with Crippen molar-refractivity contribution in [3.63, 3.8) is 0 Å². The number of aromatic nitrogens is 6. The highest BCUT2D eigenvalue weighted by molar-refractivity contribution is 6.35. The Morgan fingerprint density at radius 3 is 2.82 bits per heavy atom. The third kappa shape index (κ3) is 2.03. The lowest BCUT2D eigenvalue weighted by atomic mass is 10.2. The van der Waals surface area contributed by atoms with E-state index in [9.17, 15) is 0 Å². The third-order valence-electron chi connectivity index (χ3n) is 3.55. The van der Waals surface area contributed by atoms with Gasteiger partial charge in [-0.15, -0.1) is 10.2 Å². The molecule has 3 heterocycles. The van der Waals surface area contributed by atoms with Gasteiger partial charge in [-0.05, 0) is 24.6 Å². The van der Waals surface area contributed by atoms with E-state index in [1.54, 1.807) is 23.3 Å². The monoisotopic (exact) mass is 332 g/mol. The van der Waals surface area contributed by atoms with Crippen molar-refractivity contribution in [3.05, 3.63) is 52.2 Å². The van der Waals surface area contributed by atoms with Gasteiger partial charge < -0.3 is 0 Å². The summed E-state index contributed by atoms with van der Waals surface area (Å²) in [6, 6.07) is 5.41. The number of benzene rings is 1. The molecule has 1 aromatic carbocycles. The van der Waals surface area contributed by atoms with Crippen molar-refractivity contribution < 1.29 is 0 Å². The maximum atomic E-state index is 6.22. The Morgan fingerprint density at radius 2 is 2.00 bits per heavy atom. The van der Waals surface area contributed by atoms with E-state index in [2.05, 4.69) is 20.3 Å². The first kappa shape index (κ1) is 13.5. The van der Waals surface area contributed by atoms with Gasteiger partial charge in [0.2, 0.25) is 0 Å². The molecule has 0 saturated heterocycles. The molecule has 6 nitrogen and oxygen atoms in total. The maximum Gasteiger partial charge on any atom is 0.174 e. The fourth-order valence-corrected chi connectivity index (χ4v) is 2.87. The average Bonchev–Trinajstić information content (AvgIpc) is 3.06. The van der Waals surface area contributed by atoms with Crippen LogP contribution in [0.5, 0.6) is 0 Å². The SMILES string of the molecule is Cc1nnc2c3cnn(Cc4ccc(Cl)cc4Cl)c3ncn12. The molecule has 4 rings (SSSR count). The normalized spacial score (nSPS) is 11.6. The summed E-state index contributed by atoms with van der Waals surface area (Å²) in [7, 11) is 0. The molecule has 0 saturated carbocycles. The topological polar surface area (TPSA) is 60.9 Å². The van der Waals surface area contributed by atoms with Gasteiger partial charge in [-0.2, -0.15) is 5.10 Å². The van der Waals surface area contributed by atoms with Gasteiger partial charge in [-0.25, -0.2) is 9.67 Å². The Labute approximate surface area is 135 Å². The van der Waals surface area contributed by atoms with E-state index < -0.39 is 0 Å². The summed E-state index contributed by atoms with van der Waals surface area (Å²) in [5.41, 5.74) is 2.41. The number of aryl methyl sites for hydroxylation is 1. The Bertz CT molecular complexity index is 1000. The summed E-state index contributed by atoms with van der Waals surface area (Å²) >= 11 is 12.1. The summed E-state index contributed by atoms with van der Waals surface area (Å²) in [4.78, 5) is 4.46. The van der Waals surface area contributed by atoms with Gasteiger partial charge in [0.25, 0.3) is 0 Å². The third-order valence-corrected chi connectivity index (χ3v) is 4.14. The molecule has 110 valence electrons. The van der Waals surface area contributed by atoms with Crippen LogP contribution in [0.1, 0.15) is 11.4 Å². The number of halogens is 2. The Kier molecular flexibility index (Phi) is 3.02. The molecule has 22 heavy (non-hydrogen) atoms. The quantitative estimate of drug-likeness (QED) is 0.565. The Balaban J connectivity index is 1.84. The minimum atomic E-state index is 0.510. The average molecular weight is 333 g/mol. The highest BCUT2D eigenvalue weighted by Crippen LogP contribution is 2.23. The summed E-state index contributed by atoms with van der Waals surface area (Å²) in [6.07, 6.45) is 3.45. The molecule has 0 aliphatic rings.